The predicted octanol–water partition coefficient (Wildman–Crippen LogP) is 2.32. The van der Waals surface area contributed by atoms with E-state index in [0.717, 1.165) is 27.5 Å². The number of nitrogens with zero attached hydrogens (tertiary/aromatic N) is 3. The van der Waals surface area contributed by atoms with Gasteiger partial charge in [0.1, 0.15) is 0 Å². The van der Waals surface area contributed by atoms with Gasteiger partial charge in [0.15, 0.2) is 5.52 Å². The van der Waals surface area contributed by atoms with Gasteiger partial charge in [0.25, 0.3) is 0 Å². The van der Waals surface area contributed by atoms with Crippen molar-refractivity contribution in [3.05, 3.63) is 39.4 Å². The van der Waals surface area contributed by atoms with Crippen LogP contribution in [0.4, 0.5) is 0 Å². The topological polar surface area (TPSA) is 62.7 Å². The Hall–Kier alpha value is -1.47. The van der Waals surface area contributed by atoms with Crippen LogP contribution < -0.4 is 10.1 Å². The van der Waals surface area contributed by atoms with Gasteiger partial charge >= 0.3 is 11.9 Å². The number of rotatable bonds is 3. The lowest BCUT2D eigenvalue weighted by Gasteiger charge is -2.00. The lowest BCUT2D eigenvalue weighted by atomic mass is 10.2. The highest BCUT2D eigenvalue weighted by molar-refractivity contribution is 9.10. The predicted molar refractivity (Wildman–Crippen MR) is 82.0 cm³/mol. The third-order valence-electron chi connectivity index (χ3n) is 2.83. The lowest BCUT2D eigenvalue weighted by Crippen LogP contribution is -2.35. The van der Waals surface area contributed by atoms with Crippen LogP contribution >= 0.6 is 27.7 Å². The molecule has 2 heterocycles. The molecule has 0 aliphatic rings. The molecule has 0 aliphatic heterocycles. The summed E-state index contributed by atoms with van der Waals surface area (Å²) in [5.74, 6) is 0.918. The van der Waals surface area contributed by atoms with E-state index in [9.17, 15) is 4.79 Å². The molecular weight excluding hydrogens is 340 g/mol. The van der Waals surface area contributed by atoms with Gasteiger partial charge in [-0.2, -0.15) is 0 Å². The molecule has 0 fully saturated rings. The van der Waals surface area contributed by atoms with Gasteiger partial charge in [0.05, 0.1) is 5.39 Å². The molecule has 5 nitrogen and oxygen atoms in total. The molecule has 0 amide bonds. The molecule has 0 spiro atoms. The van der Waals surface area contributed by atoms with Crippen LogP contribution in [0.5, 0.6) is 0 Å². The number of halogens is 1. The fourth-order valence-corrected chi connectivity index (χ4v) is 3.02. The second kappa shape index (κ2) is 5.49. The van der Waals surface area contributed by atoms with Crippen molar-refractivity contribution >= 4 is 44.1 Å². The van der Waals surface area contributed by atoms with Crippen LogP contribution in [0.15, 0.2) is 39.0 Å². The number of nitrogens with one attached hydrogen (secondary N) is 1. The summed E-state index contributed by atoms with van der Waals surface area (Å²) >= 11 is 4.95. The smallest absolute Gasteiger partial charge is 0.295 e. The summed E-state index contributed by atoms with van der Waals surface area (Å²) in [6.07, 6.45) is 2.61. The van der Waals surface area contributed by atoms with Crippen molar-refractivity contribution in [2.75, 3.05) is 5.75 Å². The number of benzene rings is 1. The number of H-pyrrole nitrogens is 1. The van der Waals surface area contributed by atoms with Crippen LogP contribution in [-0.2, 0) is 0 Å². The monoisotopic (exact) mass is 351 g/mol. The third kappa shape index (κ3) is 2.43. The number of aromatic nitrogens is 4. The molecule has 3 rings (SSSR count). The average Bonchev–Trinajstić information content (AvgIpc) is 2.44. The number of thioether (sulfide) groups is 1. The normalized spacial score (nSPS) is 11.3. The van der Waals surface area contributed by atoms with Gasteiger partial charge in [-0.25, -0.2) is 0 Å². The summed E-state index contributed by atoms with van der Waals surface area (Å²) in [4.78, 5) is 19.5. The Kier molecular flexibility index (Phi) is 3.71. The van der Waals surface area contributed by atoms with Gasteiger partial charge in [-0.3, -0.25) is 9.78 Å². The second-order valence-corrected chi connectivity index (χ2v) is 6.31. The van der Waals surface area contributed by atoms with Crippen LogP contribution in [-0.4, -0.2) is 20.8 Å². The van der Waals surface area contributed by atoms with Crippen LogP contribution in [0.1, 0.15) is 13.3 Å². The Labute approximate surface area is 127 Å². The molecule has 1 aromatic carbocycles. The highest BCUT2D eigenvalue weighted by Gasteiger charge is 2.15. The minimum atomic E-state index is -0.149. The first-order valence-electron chi connectivity index (χ1n) is 6.22. The zero-order valence-corrected chi connectivity index (χ0v) is 13.2. The first-order chi connectivity index (χ1) is 9.69. The summed E-state index contributed by atoms with van der Waals surface area (Å²) in [7, 11) is 0. The molecule has 3 aromatic rings. The average molecular weight is 352 g/mol. The van der Waals surface area contributed by atoms with Crippen LogP contribution in [0.2, 0.25) is 0 Å². The SMILES string of the molecule is CCCSc1n[n+]2cnc3ccc(Br)cc3c2c(=O)[nH]1. The van der Waals surface area contributed by atoms with Crippen molar-refractivity contribution < 1.29 is 4.52 Å². The Morgan fingerprint density at radius 1 is 1.45 bits per heavy atom. The minimum Gasteiger partial charge on any atom is -0.295 e. The minimum absolute atomic E-state index is 0.149. The van der Waals surface area contributed by atoms with E-state index in [1.165, 1.54) is 11.8 Å². The van der Waals surface area contributed by atoms with E-state index in [1.54, 1.807) is 10.8 Å². The largest absolute Gasteiger partial charge is 0.312 e. The van der Waals surface area contributed by atoms with Crippen molar-refractivity contribution in [2.45, 2.75) is 18.5 Å². The van der Waals surface area contributed by atoms with E-state index in [2.05, 4.69) is 37.9 Å². The van der Waals surface area contributed by atoms with E-state index in [4.69, 9.17) is 0 Å². The lowest BCUT2D eigenvalue weighted by molar-refractivity contribution is -0.589. The molecular formula is C13H12BrN4OS+. The summed E-state index contributed by atoms with van der Waals surface area (Å²) in [6, 6.07) is 5.66. The third-order valence-corrected chi connectivity index (χ3v) is 4.39. The molecule has 0 saturated carbocycles. The van der Waals surface area contributed by atoms with Crippen molar-refractivity contribution in [3.8, 4) is 0 Å². The maximum absolute atomic E-state index is 12.3. The standard InChI is InChI=1S/C13H11BrN4OS/c1-2-5-20-13-16-12(19)11-9-6-8(14)3-4-10(9)15-7-18(11)17-13/h3-4,6-7H,2,5H2,1H3/p+1. The highest BCUT2D eigenvalue weighted by atomic mass is 79.9. The van der Waals surface area contributed by atoms with Crippen LogP contribution in [0.3, 0.4) is 0 Å². The van der Waals surface area contributed by atoms with Crippen LogP contribution in [0.25, 0.3) is 16.4 Å². The molecule has 0 radical (unpaired) electrons. The fourth-order valence-electron chi connectivity index (χ4n) is 1.95. The Morgan fingerprint density at radius 3 is 3.10 bits per heavy atom. The zero-order valence-electron chi connectivity index (χ0n) is 10.8. The molecule has 102 valence electrons. The summed E-state index contributed by atoms with van der Waals surface area (Å²) in [6.45, 7) is 2.09. The number of hydrogen-bond donors (Lipinski definition) is 1. The molecule has 2 aromatic heterocycles. The number of fused-ring (bicyclic) bond motifs is 3. The van der Waals surface area contributed by atoms with Gasteiger partial charge in [0.2, 0.25) is 10.7 Å². The van der Waals surface area contributed by atoms with Gasteiger partial charge in [-0.1, -0.05) is 44.2 Å². The second-order valence-electron chi connectivity index (χ2n) is 4.31. The molecule has 1 N–H and O–H groups in total. The summed E-state index contributed by atoms with van der Waals surface area (Å²) in [5.41, 5.74) is 1.13. The Bertz CT molecular complexity index is 849. The van der Waals surface area contributed by atoms with Crippen molar-refractivity contribution in [1.82, 2.24) is 15.1 Å². The van der Waals surface area contributed by atoms with E-state index in [0.29, 0.717) is 10.7 Å². The Morgan fingerprint density at radius 2 is 2.30 bits per heavy atom. The van der Waals surface area contributed by atoms with Gasteiger partial charge in [0, 0.05) is 10.2 Å². The first-order valence-corrected chi connectivity index (χ1v) is 8.00. The molecule has 7 heteroatoms. The highest BCUT2D eigenvalue weighted by Crippen LogP contribution is 2.19. The van der Waals surface area contributed by atoms with Gasteiger partial charge < -0.3 is 0 Å². The molecule has 0 bridgehead atoms. The van der Waals surface area contributed by atoms with Crippen molar-refractivity contribution in [1.29, 1.82) is 0 Å². The van der Waals surface area contributed by atoms with Gasteiger partial charge in [-0.15, -0.1) is 0 Å². The molecule has 20 heavy (non-hydrogen) atoms. The maximum Gasteiger partial charge on any atom is 0.312 e. The van der Waals surface area contributed by atoms with Crippen molar-refractivity contribution in [3.63, 3.8) is 0 Å². The Balaban J connectivity index is 2.29. The van der Waals surface area contributed by atoms with E-state index in [-0.39, 0.29) is 5.56 Å². The quantitative estimate of drug-likeness (QED) is 0.446. The summed E-state index contributed by atoms with van der Waals surface area (Å²) < 4.78 is 2.45. The van der Waals surface area contributed by atoms with Crippen molar-refractivity contribution in [2.24, 2.45) is 0 Å². The zero-order chi connectivity index (χ0) is 14.1. The number of aromatic amines is 1. The fraction of sp³-hybridized carbons (Fsp3) is 0.231. The maximum atomic E-state index is 12.3. The number of hydrogen-bond acceptors (Lipinski definition) is 4. The van der Waals surface area contributed by atoms with Crippen LogP contribution in [0, 0.1) is 0 Å². The molecule has 0 aliphatic carbocycles. The van der Waals surface area contributed by atoms with E-state index >= 15 is 0 Å². The van der Waals surface area contributed by atoms with E-state index < -0.39 is 0 Å². The molecule has 0 saturated heterocycles. The summed E-state index contributed by atoms with van der Waals surface area (Å²) in [5, 5.41) is 5.80. The molecule has 0 unspecified atom stereocenters. The first kappa shape index (κ1) is 13.5. The van der Waals surface area contributed by atoms with Gasteiger partial charge in [-0.05, 0) is 29.6 Å². The van der Waals surface area contributed by atoms with E-state index in [1.807, 2.05) is 18.2 Å². The molecule has 0 atom stereocenters.